The Morgan fingerprint density at radius 1 is 1.10 bits per heavy atom. The Morgan fingerprint density at radius 3 is 2.20 bits per heavy atom. The van der Waals surface area contributed by atoms with Gasteiger partial charge in [0.2, 0.25) is 8.32 Å². The maximum atomic E-state index is 6.29. The summed E-state index contributed by atoms with van der Waals surface area (Å²) >= 11 is 0. The third-order valence-electron chi connectivity index (χ3n) is 3.74. The largest absolute Gasteiger partial charge is 0.544 e. The van der Waals surface area contributed by atoms with Crippen LogP contribution in [0.4, 0.5) is 0 Å². The minimum atomic E-state index is -1.71. The molecule has 0 N–H and O–H groups in total. The molecule has 4 heteroatoms. The first-order valence-corrected chi connectivity index (χ1v) is 12.6. The van der Waals surface area contributed by atoms with Crippen molar-refractivity contribution in [2.75, 3.05) is 5.75 Å². The molecule has 0 radical (unpaired) electrons. The Morgan fingerprint density at radius 2 is 1.70 bits per heavy atom. The van der Waals surface area contributed by atoms with Gasteiger partial charge in [-0.15, -0.1) is 0 Å². The molecule has 20 heavy (non-hydrogen) atoms. The first-order valence-electron chi connectivity index (χ1n) is 7.35. The molecule has 0 aromatic heterocycles. The first-order chi connectivity index (χ1) is 9.26. The summed E-state index contributed by atoms with van der Waals surface area (Å²) in [6, 6.07) is 8.57. The molecule has 0 aliphatic heterocycles. The molecule has 0 bridgehead atoms. The second kappa shape index (κ2) is 7.81. The van der Waals surface area contributed by atoms with Crippen molar-refractivity contribution in [3.8, 4) is 5.75 Å². The highest BCUT2D eigenvalue weighted by Crippen LogP contribution is 2.38. The van der Waals surface area contributed by atoms with Gasteiger partial charge in [0.15, 0.2) is 0 Å². The van der Waals surface area contributed by atoms with Crippen molar-refractivity contribution in [1.82, 2.24) is 0 Å². The molecule has 1 rings (SSSR count). The van der Waals surface area contributed by atoms with Crippen LogP contribution in [0.1, 0.15) is 40.5 Å². The number of hydrogen-bond donors (Lipinski definition) is 0. The van der Waals surface area contributed by atoms with Gasteiger partial charge >= 0.3 is 0 Å². The molecular weight excluding hydrogens is 300 g/mol. The number of benzene rings is 1. The lowest BCUT2D eigenvalue weighted by Gasteiger charge is -2.36. The van der Waals surface area contributed by atoms with Crippen LogP contribution < -0.4 is 4.43 Å². The lowest BCUT2D eigenvalue weighted by molar-refractivity contribution is 0.492. The average molecular weight is 329 g/mol. The zero-order valence-corrected chi connectivity index (χ0v) is 16.3. The number of rotatable bonds is 7. The Labute approximate surface area is 133 Å². The van der Waals surface area contributed by atoms with Crippen molar-refractivity contribution in [1.29, 1.82) is 0 Å². The molecule has 0 fully saturated rings. The van der Waals surface area contributed by atoms with Crippen molar-refractivity contribution >= 4 is 29.9 Å². The lowest BCUT2D eigenvalue weighted by Crippen LogP contribution is -2.43. The molecular formula is C16H28OS2Si. The van der Waals surface area contributed by atoms with Crippen LogP contribution in [-0.2, 0) is 0 Å². The van der Waals surface area contributed by atoms with Gasteiger partial charge in [-0.3, -0.25) is 0 Å². The predicted octanol–water partition coefficient (Wildman–Crippen LogP) is 6.61. The Balaban J connectivity index is 2.54. The van der Waals surface area contributed by atoms with Gasteiger partial charge in [0, 0.05) is 10.6 Å². The topological polar surface area (TPSA) is 9.23 Å². The molecule has 0 aliphatic carbocycles. The maximum absolute atomic E-state index is 6.29. The Bertz CT molecular complexity index is 396. The van der Waals surface area contributed by atoms with E-state index in [1.165, 1.54) is 23.5 Å². The van der Waals surface area contributed by atoms with Crippen molar-refractivity contribution in [3.05, 3.63) is 24.3 Å². The Hall–Kier alpha value is -0.0631. The summed E-state index contributed by atoms with van der Waals surface area (Å²) in [6.45, 7) is 13.6. The second-order valence-corrected chi connectivity index (χ2v) is 13.8. The number of hydrogen-bond acceptors (Lipinski definition) is 3. The molecule has 0 amide bonds. The summed E-state index contributed by atoms with van der Waals surface area (Å²) < 4.78 is 6.29. The van der Waals surface area contributed by atoms with Crippen LogP contribution in [0.2, 0.25) is 18.1 Å². The van der Waals surface area contributed by atoms with E-state index in [1.54, 1.807) is 0 Å². The highest BCUT2D eigenvalue weighted by atomic mass is 33.1. The van der Waals surface area contributed by atoms with Crippen molar-refractivity contribution in [2.45, 2.75) is 63.6 Å². The van der Waals surface area contributed by atoms with Gasteiger partial charge in [-0.25, -0.2) is 0 Å². The van der Waals surface area contributed by atoms with Crippen molar-refractivity contribution < 1.29 is 4.43 Å². The van der Waals surface area contributed by atoms with Crippen molar-refractivity contribution in [2.24, 2.45) is 0 Å². The SMILES string of the molecule is CCCCSSc1ccc(O[Si](C)(C)C(C)(C)C)cc1. The molecule has 114 valence electrons. The molecule has 0 spiro atoms. The van der Waals surface area contributed by atoms with Gasteiger partial charge in [0.05, 0.1) is 0 Å². The van der Waals surface area contributed by atoms with E-state index in [0.717, 1.165) is 5.75 Å². The smallest absolute Gasteiger partial charge is 0.250 e. The fourth-order valence-corrected chi connectivity index (χ4v) is 4.57. The van der Waals surface area contributed by atoms with Gasteiger partial charge in [-0.05, 0) is 48.8 Å². The summed E-state index contributed by atoms with van der Waals surface area (Å²) in [4.78, 5) is 1.31. The molecule has 0 aliphatic rings. The predicted molar refractivity (Wildman–Crippen MR) is 97.5 cm³/mol. The third-order valence-corrected chi connectivity index (χ3v) is 10.6. The molecule has 0 atom stereocenters. The summed E-state index contributed by atoms with van der Waals surface area (Å²) in [7, 11) is 2.09. The summed E-state index contributed by atoms with van der Waals surface area (Å²) in [5.74, 6) is 2.24. The van der Waals surface area contributed by atoms with E-state index in [2.05, 4.69) is 65.1 Å². The van der Waals surface area contributed by atoms with E-state index in [-0.39, 0.29) is 5.04 Å². The van der Waals surface area contributed by atoms with Gasteiger partial charge < -0.3 is 4.43 Å². The third kappa shape index (κ3) is 5.74. The van der Waals surface area contributed by atoms with Gasteiger partial charge in [0.25, 0.3) is 0 Å². The summed E-state index contributed by atoms with van der Waals surface area (Å²) in [5.41, 5.74) is 0. The first kappa shape index (κ1) is 18.0. The Kier molecular flexibility index (Phi) is 7.02. The second-order valence-electron chi connectivity index (χ2n) is 6.59. The van der Waals surface area contributed by atoms with E-state index in [9.17, 15) is 0 Å². The van der Waals surface area contributed by atoms with Gasteiger partial charge in [-0.2, -0.15) is 0 Å². The molecule has 1 aromatic rings. The van der Waals surface area contributed by atoms with Gasteiger partial charge in [0.1, 0.15) is 5.75 Å². The molecule has 0 saturated carbocycles. The highest BCUT2D eigenvalue weighted by Gasteiger charge is 2.38. The highest BCUT2D eigenvalue weighted by molar-refractivity contribution is 8.76. The van der Waals surface area contributed by atoms with Crippen molar-refractivity contribution in [3.63, 3.8) is 0 Å². The monoisotopic (exact) mass is 328 g/mol. The van der Waals surface area contributed by atoms with Crippen LogP contribution in [0.15, 0.2) is 29.2 Å². The van der Waals surface area contributed by atoms with Crippen LogP contribution in [0.25, 0.3) is 0 Å². The van der Waals surface area contributed by atoms with E-state index < -0.39 is 8.32 Å². The van der Waals surface area contributed by atoms with Crippen LogP contribution in [0.5, 0.6) is 5.75 Å². The standard InChI is InChI=1S/C16H28OS2Si/c1-7-8-13-18-19-15-11-9-14(10-12-15)17-20(5,6)16(2,3)4/h9-12H,7-8,13H2,1-6H3. The molecule has 0 unspecified atom stereocenters. The summed E-state index contributed by atoms with van der Waals surface area (Å²) in [6.07, 6.45) is 2.57. The van der Waals surface area contributed by atoms with E-state index in [1.807, 2.05) is 21.6 Å². The zero-order valence-electron chi connectivity index (χ0n) is 13.7. The normalized spacial score (nSPS) is 12.5. The van der Waals surface area contributed by atoms with Gasteiger partial charge in [-0.1, -0.05) is 55.7 Å². The number of unbranched alkanes of at least 4 members (excludes halogenated alkanes) is 1. The van der Waals surface area contributed by atoms with Crippen LogP contribution in [0.3, 0.4) is 0 Å². The molecule has 1 aromatic carbocycles. The van der Waals surface area contributed by atoms with E-state index >= 15 is 0 Å². The van der Waals surface area contributed by atoms with E-state index in [4.69, 9.17) is 4.43 Å². The summed E-state index contributed by atoms with van der Waals surface area (Å²) in [5, 5.41) is 0.246. The lowest BCUT2D eigenvalue weighted by atomic mass is 10.2. The average Bonchev–Trinajstić information content (AvgIpc) is 2.35. The molecule has 0 heterocycles. The maximum Gasteiger partial charge on any atom is 0.250 e. The fourth-order valence-electron chi connectivity index (χ4n) is 1.32. The molecule has 0 saturated heterocycles. The van der Waals surface area contributed by atoms with Crippen LogP contribution in [0, 0.1) is 0 Å². The quantitative estimate of drug-likeness (QED) is 0.316. The minimum absolute atomic E-state index is 0.246. The minimum Gasteiger partial charge on any atom is -0.544 e. The van der Waals surface area contributed by atoms with E-state index in [0.29, 0.717) is 0 Å². The zero-order chi connectivity index (χ0) is 15.2. The fraction of sp³-hybridized carbons (Fsp3) is 0.625. The molecule has 1 nitrogen and oxygen atoms in total. The van der Waals surface area contributed by atoms with Crippen LogP contribution >= 0.6 is 21.6 Å². The van der Waals surface area contributed by atoms with Crippen LogP contribution in [-0.4, -0.2) is 14.1 Å².